The van der Waals surface area contributed by atoms with E-state index in [1.807, 2.05) is 12.1 Å². The Balaban J connectivity index is 1.53. The SMILES string of the molecule is NC(=O)Nc1ccc(CNC(=O)[C@@H]2CCCN2C(=O)C2CCCCC2)cc1. The second kappa shape index (κ2) is 8.88. The van der Waals surface area contributed by atoms with E-state index in [2.05, 4.69) is 10.6 Å². The van der Waals surface area contributed by atoms with Crippen molar-refractivity contribution in [2.24, 2.45) is 11.7 Å². The van der Waals surface area contributed by atoms with Crippen LogP contribution in [0.4, 0.5) is 10.5 Å². The maximum atomic E-state index is 12.8. The summed E-state index contributed by atoms with van der Waals surface area (Å²) in [6.07, 6.45) is 6.95. The standard InChI is InChI=1S/C20H28N4O3/c21-20(27)23-16-10-8-14(9-11-16)13-22-18(25)17-7-4-12-24(17)19(26)15-5-2-1-3-6-15/h8-11,15,17H,1-7,12-13H2,(H,22,25)(H3,21,23,27)/t17-/m0/s1. The molecule has 1 aromatic carbocycles. The quantitative estimate of drug-likeness (QED) is 0.739. The number of urea groups is 1. The third kappa shape index (κ3) is 4.99. The van der Waals surface area contributed by atoms with Crippen molar-refractivity contribution in [3.05, 3.63) is 29.8 Å². The third-order valence-electron chi connectivity index (χ3n) is 5.48. The van der Waals surface area contributed by atoms with Crippen molar-refractivity contribution in [3.8, 4) is 0 Å². The lowest BCUT2D eigenvalue weighted by Gasteiger charge is -2.30. The van der Waals surface area contributed by atoms with Gasteiger partial charge in [-0.3, -0.25) is 9.59 Å². The van der Waals surface area contributed by atoms with Gasteiger partial charge in [-0.1, -0.05) is 31.4 Å². The van der Waals surface area contributed by atoms with Crippen LogP contribution in [0.25, 0.3) is 0 Å². The van der Waals surface area contributed by atoms with Crippen molar-refractivity contribution >= 4 is 23.5 Å². The molecule has 1 aliphatic heterocycles. The Morgan fingerprint density at radius 3 is 2.37 bits per heavy atom. The topological polar surface area (TPSA) is 105 Å². The van der Waals surface area contributed by atoms with E-state index < -0.39 is 6.03 Å². The lowest BCUT2D eigenvalue weighted by atomic mass is 9.88. The minimum atomic E-state index is -0.611. The monoisotopic (exact) mass is 372 g/mol. The number of hydrogen-bond acceptors (Lipinski definition) is 3. The summed E-state index contributed by atoms with van der Waals surface area (Å²) in [6, 6.07) is 6.16. The molecule has 2 fully saturated rings. The van der Waals surface area contributed by atoms with Crippen molar-refractivity contribution in [2.45, 2.75) is 57.5 Å². The predicted octanol–water partition coefficient (Wildman–Crippen LogP) is 2.36. The van der Waals surface area contributed by atoms with E-state index in [0.29, 0.717) is 18.8 Å². The number of hydrogen-bond donors (Lipinski definition) is 3. The third-order valence-corrected chi connectivity index (χ3v) is 5.48. The first kappa shape index (κ1) is 19.2. The molecule has 0 radical (unpaired) electrons. The Kier molecular flexibility index (Phi) is 6.32. The number of likely N-dealkylation sites (tertiary alicyclic amines) is 1. The molecule has 146 valence electrons. The summed E-state index contributed by atoms with van der Waals surface area (Å²) in [4.78, 5) is 38.1. The van der Waals surface area contributed by atoms with Crippen LogP contribution in [0.2, 0.25) is 0 Å². The summed E-state index contributed by atoms with van der Waals surface area (Å²) in [6.45, 7) is 1.07. The smallest absolute Gasteiger partial charge is 0.316 e. The van der Waals surface area contributed by atoms with Gasteiger partial charge in [0.1, 0.15) is 6.04 Å². The fourth-order valence-electron chi connectivity index (χ4n) is 4.04. The first-order valence-corrected chi connectivity index (χ1v) is 9.78. The highest BCUT2D eigenvalue weighted by Crippen LogP contribution is 2.28. The fourth-order valence-corrected chi connectivity index (χ4v) is 4.04. The number of nitrogens with zero attached hydrogens (tertiary/aromatic N) is 1. The predicted molar refractivity (Wildman–Crippen MR) is 103 cm³/mol. The van der Waals surface area contributed by atoms with Crippen LogP contribution < -0.4 is 16.4 Å². The lowest BCUT2D eigenvalue weighted by Crippen LogP contribution is -2.47. The molecule has 7 nitrogen and oxygen atoms in total. The number of nitrogens with one attached hydrogen (secondary N) is 2. The van der Waals surface area contributed by atoms with E-state index in [1.54, 1.807) is 17.0 Å². The molecule has 3 rings (SSSR count). The molecular formula is C20H28N4O3. The van der Waals surface area contributed by atoms with E-state index in [0.717, 1.165) is 44.1 Å². The molecule has 0 spiro atoms. The van der Waals surface area contributed by atoms with Crippen molar-refractivity contribution in [2.75, 3.05) is 11.9 Å². The zero-order valence-corrected chi connectivity index (χ0v) is 15.6. The Hall–Kier alpha value is -2.57. The van der Waals surface area contributed by atoms with Gasteiger partial charge in [-0.05, 0) is 43.4 Å². The van der Waals surface area contributed by atoms with Crippen LogP contribution in [0.3, 0.4) is 0 Å². The second-order valence-electron chi connectivity index (χ2n) is 7.43. The van der Waals surface area contributed by atoms with Gasteiger partial charge in [0, 0.05) is 24.7 Å². The van der Waals surface area contributed by atoms with Crippen LogP contribution in [0, 0.1) is 5.92 Å². The largest absolute Gasteiger partial charge is 0.351 e. The minimum absolute atomic E-state index is 0.0870. The van der Waals surface area contributed by atoms with Crippen LogP contribution in [-0.2, 0) is 16.1 Å². The summed E-state index contributed by atoms with van der Waals surface area (Å²) < 4.78 is 0. The van der Waals surface area contributed by atoms with Gasteiger partial charge >= 0.3 is 6.03 Å². The molecule has 7 heteroatoms. The summed E-state index contributed by atoms with van der Waals surface area (Å²) in [7, 11) is 0. The average Bonchev–Trinajstić information content (AvgIpc) is 3.17. The maximum Gasteiger partial charge on any atom is 0.316 e. The number of anilines is 1. The number of carbonyl (C=O) groups is 3. The number of rotatable bonds is 5. The van der Waals surface area contributed by atoms with Gasteiger partial charge in [0.25, 0.3) is 0 Å². The zero-order valence-electron chi connectivity index (χ0n) is 15.6. The van der Waals surface area contributed by atoms with Crippen molar-refractivity contribution in [1.82, 2.24) is 10.2 Å². The van der Waals surface area contributed by atoms with E-state index in [-0.39, 0.29) is 23.8 Å². The molecule has 0 bridgehead atoms. The summed E-state index contributed by atoms with van der Waals surface area (Å²) in [5, 5.41) is 5.44. The molecule has 1 heterocycles. The van der Waals surface area contributed by atoms with Gasteiger partial charge in [-0.25, -0.2) is 4.79 Å². The van der Waals surface area contributed by atoms with Crippen LogP contribution in [0.15, 0.2) is 24.3 Å². The first-order valence-electron chi connectivity index (χ1n) is 9.78. The normalized spacial score (nSPS) is 20.3. The summed E-state index contributed by atoms with van der Waals surface area (Å²) in [5.41, 5.74) is 6.61. The van der Waals surface area contributed by atoms with Crippen LogP contribution in [0.5, 0.6) is 0 Å². The van der Waals surface area contributed by atoms with Crippen molar-refractivity contribution in [1.29, 1.82) is 0 Å². The second-order valence-corrected chi connectivity index (χ2v) is 7.43. The molecule has 4 amide bonds. The molecule has 2 aliphatic rings. The first-order chi connectivity index (χ1) is 13.0. The minimum Gasteiger partial charge on any atom is -0.351 e. The number of benzene rings is 1. The van der Waals surface area contributed by atoms with Crippen molar-refractivity contribution < 1.29 is 14.4 Å². The Bertz CT molecular complexity index is 683. The number of carbonyl (C=O) groups excluding carboxylic acids is 3. The number of primary amides is 1. The molecule has 1 aromatic rings. The van der Waals surface area contributed by atoms with Gasteiger partial charge in [0.05, 0.1) is 0 Å². The molecule has 1 saturated heterocycles. The molecule has 0 unspecified atom stereocenters. The van der Waals surface area contributed by atoms with Crippen LogP contribution in [-0.4, -0.2) is 35.3 Å². The molecular weight excluding hydrogens is 344 g/mol. The average molecular weight is 372 g/mol. The molecule has 0 aromatic heterocycles. The lowest BCUT2D eigenvalue weighted by molar-refractivity contribution is -0.142. The Labute approximate surface area is 159 Å². The van der Waals surface area contributed by atoms with Crippen molar-refractivity contribution in [3.63, 3.8) is 0 Å². The molecule has 4 N–H and O–H groups in total. The van der Waals surface area contributed by atoms with E-state index in [9.17, 15) is 14.4 Å². The fraction of sp³-hybridized carbons (Fsp3) is 0.550. The summed E-state index contributed by atoms with van der Waals surface area (Å²) >= 11 is 0. The maximum absolute atomic E-state index is 12.8. The zero-order chi connectivity index (χ0) is 19.2. The van der Waals surface area contributed by atoms with Crippen LogP contribution >= 0.6 is 0 Å². The van der Waals surface area contributed by atoms with E-state index in [1.165, 1.54) is 6.42 Å². The number of nitrogens with two attached hydrogens (primary N) is 1. The molecule has 1 atom stereocenters. The highest BCUT2D eigenvalue weighted by Gasteiger charge is 2.37. The van der Waals surface area contributed by atoms with E-state index in [4.69, 9.17) is 5.73 Å². The molecule has 1 saturated carbocycles. The summed E-state index contributed by atoms with van der Waals surface area (Å²) in [5.74, 6) is 0.169. The molecule has 27 heavy (non-hydrogen) atoms. The van der Waals surface area contributed by atoms with Gasteiger partial charge in [-0.2, -0.15) is 0 Å². The molecule has 1 aliphatic carbocycles. The van der Waals surface area contributed by atoms with Gasteiger partial charge in [0.15, 0.2) is 0 Å². The van der Waals surface area contributed by atoms with Gasteiger partial charge in [0.2, 0.25) is 11.8 Å². The Morgan fingerprint density at radius 1 is 1.00 bits per heavy atom. The Morgan fingerprint density at radius 2 is 1.70 bits per heavy atom. The number of amides is 4. The van der Waals surface area contributed by atoms with Gasteiger partial charge in [-0.15, -0.1) is 0 Å². The highest BCUT2D eigenvalue weighted by atomic mass is 16.2. The van der Waals surface area contributed by atoms with Gasteiger partial charge < -0.3 is 21.3 Å². The van der Waals surface area contributed by atoms with Crippen LogP contribution in [0.1, 0.15) is 50.5 Å². The van der Waals surface area contributed by atoms with E-state index >= 15 is 0 Å². The highest BCUT2D eigenvalue weighted by molar-refractivity contribution is 5.89.